The van der Waals surface area contributed by atoms with Crippen LogP contribution in [0.1, 0.15) is 6.42 Å². The number of anilines is 2. The summed E-state index contributed by atoms with van der Waals surface area (Å²) in [4.78, 5) is 18.2. The number of rotatable bonds is 5. The van der Waals surface area contributed by atoms with Gasteiger partial charge in [0.1, 0.15) is 0 Å². The van der Waals surface area contributed by atoms with Gasteiger partial charge < -0.3 is 9.80 Å². The van der Waals surface area contributed by atoms with Crippen molar-refractivity contribution in [2.45, 2.75) is 16.2 Å². The summed E-state index contributed by atoms with van der Waals surface area (Å²) in [6.45, 7) is 5.13. The minimum atomic E-state index is -0.0278. The molecule has 0 aromatic heterocycles. The van der Waals surface area contributed by atoms with Gasteiger partial charge >= 0.3 is 0 Å². The smallest absolute Gasteiger partial charge is 0.245 e. The van der Waals surface area contributed by atoms with Gasteiger partial charge in [-0.25, -0.2) is 0 Å². The number of carbonyl (C=O) groups is 1. The first-order chi connectivity index (χ1) is 11.2. The van der Waals surface area contributed by atoms with Crippen LogP contribution in [0.4, 0.5) is 11.4 Å². The number of hydrogen-bond donors (Lipinski definition) is 0. The second-order valence-electron chi connectivity index (χ2n) is 5.51. The molecule has 0 N–H and O–H groups in total. The van der Waals surface area contributed by atoms with Crippen molar-refractivity contribution < 1.29 is 4.79 Å². The fourth-order valence-corrected chi connectivity index (χ4v) is 3.85. The summed E-state index contributed by atoms with van der Waals surface area (Å²) in [5.41, 5.74) is 2.49. The highest BCUT2D eigenvalue weighted by Gasteiger charge is 2.22. The maximum absolute atomic E-state index is 11.6. The molecule has 3 nitrogen and oxygen atoms in total. The average Bonchev–Trinajstić information content (AvgIpc) is 2.60. The second-order valence-corrected chi connectivity index (χ2v) is 6.59. The van der Waals surface area contributed by atoms with Crippen LogP contribution in [0, 0.1) is 0 Å². The summed E-state index contributed by atoms with van der Waals surface area (Å²) in [5.74, 6) is -0.0278. The lowest BCUT2D eigenvalue weighted by atomic mass is 10.2. The predicted octanol–water partition coefficient (Wildman–Crippen LogP) is 4.32. The van der Waals surface area contributed by atoms with Gasteiger partial charge in [0.25, 0.3) is 0 Å². The number of benzene rings is 2. The van der Waals surface area contributed by atoms with E-state index in [1.54, 1.807) is 4.90 Å². The Kier molecular flexibility index (Phi) is 4.72. The normalized spacial score (nSPS) is 12.3. The number of amides is 1. The summed E-state index contributed by atoms with van der Waals surface area (Å²) < 4.78 is 0. The fraction of sp³-hybridized carbons (Fsp3) is 0.211. The van der Waals surface area contributed by atoms with Crippen LogP contribution < -0.4 is 4.90 Å². The maximum Gasteiger partial charge on any atom is 0.245 e. The SMILES string of the molecule is C=CC(=O)N(C)CCCN1c2ccccc2Sc2ccccc21. The molecule has 0 saturated heterocycles. The Balaban J connectivity index is 1.79. The van der Waals surface area contributed by atoms with E-state index in [0.717, 1.165) is 19.5 Å². The Bertz CT molecular complexity index is 683. The van der Waals surface area contributed by atoms with Gasteiger partial charge in [-0.1, -0.05) is 42.6 Å². The van der Waals surface area contributed by atoms with Crippen LogP contribution in [-0.2, 0) is 4.79 Å². The van der Waals surface area contributed by atoms with Crippen molar-refractivity contribution in [1.82, 2.24) is 4.90 Å². The molecule has 0 bridgehead atoms. The lowest BCUT2D eigenvalue weighted by Crippen LogP contribution is -2.29. The van der Waals surface area contributed by atoms with Crippen molar-refractivity contribution in [3.05, 3.63) is 61.2 Å². The molecule has 0 aliphatic carbocycles. The highest BCUT2D eigenvalue weighted by molar-refractivity contribution is 7.99. The van der Waals surface area contributed by atoms with Gasteiger partial charge in [0, 0.05) is 29.9 Å². The minimum Gasteiger partial charge on any atom is -0.342 e. The third-order valence-electron chi connectivity index (χ3n) is 3.96. The van der Waals surface area contributed by atoms with Crippen LogP contribution in [0.5, 0.6) is 0 Å². The van der Waals surface area contributed by atoms with E-state index in [2.05, 4.69) is 60.0 Å². The van der Waals surface area contributed by atoms with E-state index in [1.807, 2.05) is 18.8 Å². The number of nitrogens with zero attached hydrogens (tertiary/aromatic N) is 2. The molecule has 0 fully saturated rings. The molecule has 1 amide bonds. The number of fused-ring (bicyclic) bond motifs is 2. The van der Waals surface area contributed by atoms with Crippen molar-refractivity contribution in [3.63, 3.8) is 0 Å². The molecule has 0 radical (unpaired) electrons. The van der Waals surface area contributed by atoms with Gasteiger partial charge in [-0.2, -0.15) is 0 Å². The molecule has 2 aromatic rings. The summed E-state index contributed by atoms with van der Waals surface area (Å²) in [6.07, 6.45) is 2.27. The summed E-state index contributed by atoms with van der Waals surface area (Å²) in [6, 6.07) is 17.0. The number of likely N-dealkylation sites (N-methyl/N-ethyl adjacent to an activating group) is 1. The molecule has 0 spiro atoms. The molecule has 4 heteroatoms. The van der Waals surface area contributed by atoms with Crippen molar-refractivity contribution in [2.24, 2.45) is 0 Å². The molecule has 1 aliphatic rings. The number of hydrogen-bond acceptors (Lipinski definition) is 3. The zero-order chi connectivity index (χ0) is 16.2. The average molecular weight is 324 g/mol. The Hall–Kier alpha value is -2.20. The first-order valence-corrected chi connectivity index (χ1v) is 8.53. The molecule has 118 valence electrons. The molecule has 3 rings (SSSR count). The predicted molar refractivity (Wildman–Crippen MR) is 96.5 cm³/mol. The fourth-order valence-electron chi connectivity index (χ4n) is 2.75. The van der Waals surface area contributed by atoms with Gasteiger partial charge in [-0.3, -0.25) is 4.79 Å². The molecule has 2 aromatic carbocycles. The van der Waals surface area contributed by atoms with Crippen LogP contribution in [0.3, 0.4) is 0 Å². The van der Waals surface area contributed by atoms with Gasteiger partial charge in [0.05, 0.1) is 11.4 Å². The zero-order valence-electron chi connectivity index (χ0n) is 13.2. The molecule has 0 atom stereocenters. The van der Waals surface area contributed by atoms with Crippen LogP contribution in [-0.4, -0.2) is 30.9 Å². The van der Waals surface area contributed by atoms with Crippen molar-refractivity contribution in [1.29, 1.82) is 0 Å². The molecule has 0 saturated carbocycles. The van der Waals surface area contributed by atoms with E-state index in [1.165, 1.54) is 27.2 Å². The summed E-state index contributed by atoms with van der Waals surface area (Å²) in [5, 5.41) is 0. The Morgan fingerprint density at radius 2 is 1.70 bits per heavy atom. The standard InChI is InChI=1S/C19H20N2OS/c1-3-19(22)20(2)13-8-14-21-15-9-4-6-11-17(15)23-18-12-7-5-10-16(18)21/h3-7,9-12H,1,8,13-14H2,2H3. The molecule has 1 heterocycles. The van der Waals surface area contributed by atoms with E-state index in [9.17, 15) is 4.79 Å². The number of para-hydroxylation sites is 2. The first kappa shape index (κ1) is 15.7. The topological polar surface area (TPSA) is 23.6 Å². The highest BCUT2D eigenvalue weighted by atomic mass is 32.2. The molecule has 1 aliphatic heterocycles. The van der Waals surface area contributed by atoms with Crippen molar-refractivity contribution in [3.8, 4) is 0 Å². The molecular formula is C19H20N2OS. The summed E-state index contributed by atoms with van der Waals surface area (Å²) >= 11 is 1.82. The van der Waals surface area contributed by atoms with Crippen LogP contribution in [0.15, 0.2) is 71.0 Å². The van der Waals surface area contributed by atoms with Gasteiger partial charge in [-0.05, 0) is 36.8 Å². The third kappa shape index (κ3) is 3.27. The van der Waals surface area contributed by atoms with Gasteiger partial charge in [-0.15, -0.1) is 0 Å². The van der Waals surface area contributed by atoms with Gasteiger partial charge in [0.15, 0.2) is 0 Å². The lowest BCUT2D eigenvalue weighted by molar-refractivity contribution is -0.124. The van der Waals surface area contributed by atoms with E-state index < -0.39 is 0 Å². The quantitative estimate of drug-likeness (QED) is 0.765. The second kappa shape index (κ2) is 6.92. The first-order valence-electron chi connectivity index (χ1n) is 7.71. The Morgan fingerprint density at radius 1 is 1.13 bits per heavy atom. The lowest BCUT2D eigenvalue weighted by Gasteiger charge is -2.33. The van der Waals surface area contributed by atoms with E-state index in [-0.39, 0.29) is 5.91 Å². The van der Waals surface area contributed by atoms with E-state index in [4.69, 9.17) is 0 Å². The minimum absolute atomic E-state index is 0.0278. The summed E-state index contributed by atoms with van der Waals surface area (Å²) in [7, 11) is 1.82. The van der Waals surface area contributed by atoms with Crippen molar-refractivity contribution in [2.75, 3.05) is 25.0 Å². The highest BCUT2D eigenvalue weighted by Crippen LogP contribution is 2.47. The molecular weight excluding hydrogens is 304 g/mol. The van der Waals surface area contributed by atoms with E-state index in [0.29, 0.717) is 0 Å². The van der Waals surface area contributed by atoms with Crippen LogP contribution in [0.25, 0.3) is 0 Å². The van der Waals surface area contributed by atoms with Crippen molar-refractivity contribution >= 4 is 29.0 Å². The Labute approximate surface area is 141 Å². The van der Waals surface area contributed by atoms with Crippen LogP contribution >= 0.6 is 11.8 Å². The largest absolute Gasteiger partial charge is 0.342 e. The third-order valence-corrected chi connectivity index (χ3v) is 5.09. The molecule has 23 heavy (non-hydrogen) atoms. The maximum atomic E-state index is 11.6. The Morgan fingerprint density at radius 3 is 2.26 bits per heavy atom. The number of carbonyl (C=O) groups excluding carboxylic acids is 1. The van der Waals surface area contributed by atoms with E-state index >= 15 is 0 Å². The van der Waals surface area contributed by atoms with Gasteiger partial charge in [0.2, 0.25) is 5.91 Å². The monoisotopic (exact) mass is 324 g/mol. The van der Waals surface area contributed by atoms with Crippen LogP contribution in [0.2, 0.25) is 0 Å². The molecule has 0 unspecified atom stereocenters. The zero-order valence-corrected chi connectivity index (χ0v) is 14.1.